The number of anilines is 2. The van der Waals surface area contributed by atoms with E-state index in [1.807, 2.05) is 25.1 Å². The fourth-order valence-electron chi connectivity index (χ4n) is 2.38. The smallest absolute Gasteiger partial charge is 0.260 e. The molecule has 1 aromatic carbocycles. The average Bonchev–Trinajstić information content (AvgIpc) is 2.84. The first-order valence-electron chi connectivity index (χ1n) is 6.67. The molecule has 0 bridgehead atoms. The molecule has 4 aromatic rings. The molecule has 2 N–H and O–H groups in total. The van der Waals surface area contributed by atoms with E-state index in [1.54, 1.807) is 23.6 Å². The summed E-state index contributed by atoms with van der Waals surface area (Å²) in [6.45, 7) is 1.99. The summed E-state index contributed by atoms with van der Waals surface area (Å²) in [6.07, 6.45) is 3.28. The Morgan fingerprint density at radius 3 is 3.00 bits per heavy atom. The van der Waals surface area contributed by atoms with Crippen LogP contribution in [0.5, 0.6) is 0 Å². The Morgan fingerprint density at radius 2 is 2.09 bits per heavy atom. The Morgan fingerprint density at radius 1 is 1.23 bits per heavy atom. The summed E-state index contributed by atoms with van der Waals surface area (Å²) in [5, 5.41) is 4.68. The molecule has 0 spiro atoms. The number of hydrogen-bond acceptors (Lipinski definition) is 6. The van der Waals surface area contributed by atoms with Crippen molar-refractivity contribution in [1.82, 2.24) is 19.9 Å². The van der Waals surface area contributed by atoms with Crippen molar-refractivity contribution >= 4 is 44.1 Å². The molecule has 0 aliphatic rings. The van der Waals surface area contributed by atoms with Crippen molar-refractivity contribution in [2.75, 3.05) is 5.32 Å². The molecule has 108 valence electrons. The van der Waals surface area contributed by atoms with Crippen LogP contribution >= 0.6 is 11.3 Å². The van der Waals surface area contributed by atoms with Gasteiger partial charge in [-0.05, 0) is 19.1 Å². The quantitative estimate of drug-likeness (QED) is 0.595. The van der Waals surface area contributed by atoms with Gasteiger partial charge in [-0.3, -0.25) is 9.78 Å². The van der Waals surface area contributed by atoms with Crippen LogP contribution in [0.15, 0.2) is 41.6 Å². The Labute approximate surface area is 128 Å². The zero-order chi connectivity index (χ0) is 15.1. The number of thiophene rings is 1. The van der Waals surface area contributed by atoms with E-state index in [0.717, 1.165) is 20.8 Å². The summed E-state index contributed by atoms with van der Waals surface area (Å²) >= 11 is 1.57. The van der Waals surface area contributed by atoms with Crippen LogP contribution in [0.25, 0.3) is 21.1 Å². The van der Waals surface area contributed by atoms with Crippen LogP contribution < -0.4 is 10.9 Å². The van der Waals surface area contributed by atoms with Crippen LogP contribution in [0.4, 0.5) is 11.6 Å². The molecule has 0 saturated heterocycles. The number of nitrogens with one attached hydrogen (secondary N) is 2. The highest BCUT2D eigenvalue weighted by Gasteiger charge is 2.12. The highest BCUT2D eigenvalue weighted by molar-refractivity contribution is 7.19. The topological polar surface area (TPSA) is 83.6 Å². The van der Waals surface area contributed by atoms with Crippen molar-refractivity contribution in [2.45, 2.75) is 6.92 Å². The predicted octanol–water partition coefficient (Wildman–Crippen LogP) is 2.98. The van der Waals surface area contributed by atoms with Gasteiger partial charge in [0.25, 0.3) is 5.56 Å². The van der Waals surface area contributed by atoms with E-state index in [-0.39, 0.29) is 5.56 Å². The molecular formula is C15H11N5OS. The molecule has 3 aromatic heterocycles. The van der Waals surface area contributed by atoms with E-state index < -0.39 is 0 Å². The molecule has 0 aliphatic carbocycles. The second-order valence-corrected chi connectivity index (χ2v) is 6.03. The zero-order valence-corrected chi connectivity index (χ0v) is 12.4. The number of aromatic nitrogens is 4. The Balaban J connectivity index is 1.86. The first-order chi connectivity index (χ1) is 10.7. The Kier molecular flexibility index (Phi) is 2.87. The summed E-state index contributed by atoms with van der Waals surface area (Å²) < 4.78 is 0. The largest absolute Gasteiger partial charge is 0.324 e. The lowest BCUT2D eigenvalue weighted by atomic mass is 10.2. The molecule has 0 aliphatic heterocycles. The molecule has 0 fully saturated rings. The van der Waals surface area contributed by atoms with Crippen LogP contribution in [-0.4, -0.2) is 19.9 Å². The van der Waals surface area contributed by atoms with Crippen LogP contribution in [0.3, 0.4) is 0 Å². The molecule has 0 amide bonds. The monoisotopic (exact) mass is 309 g/mol. The molecule has 7 heteroatoms. The van der Waals surface area contributed by atoms with Gasteiger partial charge in [-0.2, -0.15) is 0 Å². The van der Waals surface area contributed by atoms with E-state index in [1.165, 1.54) is 6.33 Å². The third kappa shape index (κ3) is 2.03. The summed E-state index contributed by atoms with van der Waals surface area (Å²) in [5.41, 5.74) is 1.36. The number of H-pyrrole nitrogens is 1. The average molecular weight is 309 g/mol. The second kappa shape index (κ2) is 4.88. The van der Waals surface area contributed by atoms with E-state index >= 15 is 0 Å². The van der Waals surface area contributed by atoms with Crippen LogP contribution in [-0.2, 0) is 0 Å². The maximum Gasteiger partial charge on any atom is 0.260 e. The summed E-state index contributed by atoms with van der Waals surface area (Å²) in [5.74, 6) is 0.412. The number of para-hydroxylation sites is 1. The van der Waals surface area contributed by atoms with E-state index in [9.17, 15) is 4.79 Å². The third-order valence-electron chi connectivity index (χ3n) is 3.40. The van der Waals surface area contributed by atoms with E-state index in [4.69, 9.17) is 0 Å². The van der Waals surface area contributed by atoms with Crippen LogP contribution in [0.1, 0.15) is 4.88 Å². The zero-order valence-electron chi connectivity index (χ0n) is 11.6. The molecule has 6 nitrogen and oxygen atoms in total. The van der Waals surface area contributed by atoms with Crippen molar-refractivity contribution in [2.24, 2.45) is 0 Å². The number of nitrogens with zero attached hydrogens (tertiary/aromatic N) is 3. The first-order valence-corrected chi connectivity index (χ1v) is 7.49. The lowest BCUT2D eigenvalue weighted by Crippen LogP contribution is -2.11. The second-order valence-electron chi connectivity index (χ2n) is 4.83. The highest BCUT2D eigenvalue weighted by atomic mass is 32.1. The highest BCUT2D eigenvalue weighted by Crippen LogP contribution is 2.34. The van der Waals surface area contributed by atoms with Crippen molar-refractivity contribution in [1.29, 1.82) is 0 Å². The van der Waals surface area contributed by atoms with Gasteiger partial charge in [0.2, 0.25) is 5.95 Å². The van der Waals surface area contributed by atoms with Gasteiger partial charge in [0.05, 0.1) is 22.0 Å². The van der Waals surface area contributed by atoms with Gasteiger partial charge in [0, 0.05) is 11.1 Å². The maximum atomic E-state index is 12.1. The molecule has 0 radical (unpaired) electrons. The first kappa shape index (κ1) is 12.9. The van der Waals surface area contributed by atoms with Gasteiger partial charge in [0.1, 0.15) is 11.2 Å². The number of hydrogen-bond donors (Lipinski definition) is 2. The lowest BCUT2D eigenvalue weighted by Gasteiger charge is -2.06. The minimum Gasteiger partial charge on any atom is -0.324 e. The van der Waals surface area contributed by atoms with Gasteiger partial charge in [0.15, 0.2) is 0 Å². The fourth-order valence-corrected chi connectivity index (χ4v) is 3.29. The lowest BCUT2D eigenvalue weighted by molar-refractivity contribution is 1.17. The van der Waals surface area contributed by atoms with E-state index in [2.05, 4.69) is 25.3 Å². The minimum atomic E-state index is -0.165. The van der Waals surface area contributed by atoms with Crippen LogP contribution in [0.2, 0.25) is 0 Å². The van der Waals surface area contributed by atoms with Crippen LogP contribution in [0, 0.1) is 6.92 Å². The number of aryl methyl sites for hydroxylation is 1. The normalized spacial score (nSPS) is 11.1. The van der Waals surface area contributed by atoms with Gasteiger partial charge < -0.3 is 5.32 Å². The number of aromatic amines is 1. The Hall–Kier alpha value is -2.80. The summed E-state index contributed by atoms with van der Waals surface area (Å²) in [7, 11) is 0. The van der Waals surface area contributed by atoms with Gasteiger partial charge in [-0.25, -0.2) is 15.0 Å². The predicted molar refractivity (Wildman–Crippen MR) is 87.8 cm³/mol. The summed E-state index contributed by atoms with van der Waals surface area (Å²) in [6, 6.07) is 7.25. The number of benzene rings is 1. The van der Waals surface area contributed by atoms with Crippen molar-refractivity contribution < 1.29 is 0 Å². The maximum absolute atomic E-state index is 12.1. The fraction of sp³-hybridized carbons (Fsp3) is 0.0667. The molecule has 0 unspecified atom stereocenters. The SMILES string of the molecule is Cc1sc2ncncc2c1Nc1nc2ccccc2c(=O)[nH]1. The van der Waals surface area contributed by atoms with Crippen molar-refractivity contribution in [3.8, 4) is 0 Å². The molecular weight excluding hydrogens is 298 g/mol. The number of fused-ring (bicyclic) bond motifs is 2. The molecule has 4 rings (SSSR count). The van der Waals surface area contributed by atoms with Crippen molar-refractivity contribution in [3.63, 3.8) is 0 Å². The van der Waals surface area contributed by atoms with Crippen molar-refractivity contribution in [3.05, 3.63) is 52.0 Å². The third-order valence-corrected chi connectivity index (χ3v) is 4.43. The van der Waals surface area contributed by atoms with Gasteiger partial charge in [-0.1, -0.05) is 12.1 Å². The minimum absolute atomic E-state index is 0.165. The van der Waals surface area contributed by atoms with E-state index in [0.29, 0.717) is 16.9 Å². The summed E-state index contributed by atoms with van der Waals surface area (Å²) in [4.78, 5) is 29.6. The Bertz CT molecular complexity index is 1050. The van der Waals surface area contributed by atoms with Gasteiger partial charge in [-0.15, -0.1) is 11.3 Å². The molecule has 0 atom stereocenters. The number of rotatable bonds is 2. The molecule has 3 heterocycles. The van der Waals surface area contributed by atoms with Gasteiger partial charge >= 0.3 is 0 Å². The molecule has 0 saturated carbocycles. The molecule has 22 heavy (non-hydrogen) atoms. The standard InChI is InChI=1S/C15H11N5OS/c1-8-12(10-6-16-7-17-14(10)22-8)19-15-18-11-5-3-2-4-9(11)13(21)20-15/h2-7H,1H3,(H2,18,19,20,21).